The molecule has 1 heterocycles. The summed E-state index contributed by atoms with van der Waals surface area (Å²) in [6, 6.07) is 0. The highest BCUT2D eigenvalue weighted by atomic mass is 79.9. The number of hydrogen-bond donors (Lipinski definition) is 0. The maximum Gasteiger partial charge on any atom is 0.0363 e. The summed E-state index contributed by atoms with van der Waals surface area (Å²) >= 11 is 3.42. The van der Waals surface area contributed by atoms with Gasteiger partial charge in [-0.25, -0.2) is 0 Å². The van der Waals surface area contributed by atoms with Crippen LogP contribution in [0, 0.1) is 0 Å². The van der Waals surface area contributed by atoms with Crippen LogP contribution < -0.4 is 0 Å². The van der Waals surface area contributed by atoms with E-state index in [9.17, 15) is 4.21 Å². The van der Waals surface area contributed by atoms with Crippen molar-refractivity contribution in [1.29, 1.82) is 0 Å². The standard InChI is InChI=1S/C8H16BrNOS/c9-3-1-2-4-10-5-7-12(11)8-6-10/h1-8H2. The molecule has 4 heteroatoms. The second-order valence-corrected chi connectivity index (χ2v) is 5.57. The maximum atomic E-state index is 11.0. The Morgan fingerprint density at radius 1 is 1.25 bits per heavy atom. The van der Waals surface area contributed by atoms with Crippen molar-refractivity contribution in [1.82, 2.24) is 4.90 Å². The van der Waals surface area contributed by atoms with Gasteiger partial charge in [0.25, 0.3) is 0 Å². The lowest BCUT2D eigenvalue weighted by Gasteiger charge is -2.25. The molecule has 2 nitrogen and oxygen atoms in total. The second-order valence-electron chi connectivity index (χ2n) is 3.09. The Morgan fingerprint density at radius 3 is 2.50 bits per heavy atom. The molecule has 0 N–H and O–H groups in total. The highest BCUT2D eigenvalue weighted by Gasteiger charge is 2.13. The van der Waals surface area contributed by atoms with Crippen LogP contribution in [0.3, 0.4) is 0 Å². The topological polar surface area (TPSA) is 20.3 Å². The minimum atomic E-state index is -0.519. The van der Waals surface area contributed by atoms with Crippen molar-refractivity contribution in [2.45, 2.75) is 12.8 Å². The zero-order valence-electron chi connectivity index (χ0n) is 7.30. The van der Waals surface area contributed by atoms with Gasteiger partial charge in [0.1, 0.15) is 0 Å². The Hall–Kier alpha value is 0.590. The van der Waals surface area contributed by atoms with Crippen molar-refractivity contribution in [3.05, 3.63) is 0 Å². The van der Waals surface area contributed by atoms with E-state index in [2.05, 4.69) is 20.8 Å². The van der Waals surface area contributed by atoms with Gasteiger partial charge in [-0.2, -0.15) is 0 Å². The number of nitrogens with zero attached hydrogens (tertiary/aromatic N) is 1. The van der Waals surface area contributed by atoms with Crippen LogP contribution in [0.15, 0.2) is 0 Å². The minimum Gasteiger partial charge on any atom is -0.302 e. The molecule has 12 heavy (non-hydrogen) atoms. The fraction of sp³-hybridized carbons (Fsp3) is 1.00. The normalized spacial score (nSPS) is 21.4. The van der Waals surface area contributed by atoms with E-state index in [-0.39, 0.29) is 0 Å². The van der Waals surface area contributed by atoms with E-state index in [0.29, 0.717) is 0 Å². The molecule has 0 radical (unpaired) electrons. The van der Waals surface area contributed by atoms with Gasteiger partial charge in [-0.05, 0) is 19.4 Å². The fourth-order valence-electron chi connectivity index (χ4n) is 1.33. The molecule has 0 atom stereocenters. The SMILES string of the molecule is O=S1CCN(CCCCBr)CC1. The zero-order chi connectivity index (χ0) is 8.81. The van der Waals surface area contributed by atoms with Gasteiger partial charge in [-0.1, -0.05) is 15.9 Å². The predicted molar refractivity (Wildman–Crippen MR) is 57.3 cm³/mol. The summed E-state index contributed by atoms with van der Waals surface area (Å²) in [4.78, 5) is 2.42. The van der Waals surface area contributed by atoms with Gasteiger partial charge in [0.15, 0.2) is 0 Å². The van der Waals surface area contributed by atoms with Gasteiger partial charge in [0.05, 0.1) is 0 Å². The molecule has 0 aromatic heterocycles. The molecule has 1 aliphatic heterocycles. The van der Waals surface area contributed by atoms with Crippen molar-refractivity contribution >= 4 is 26.7 Å². The first-order valence-corrected chi connectivity index (χ1v) is 7.07. The van der Waals surface area contributed by atoms with Gasteiger partial charge in [0.2, 0.25) is 0 Å². The molecule has 0 aromatic rings. The molecular formula is C8H16BrNOS. The number of hydrogen-bond acceptors (Lipinski definition) is 2. The van der Waals surface area contributed by atoms with Gasteiger partial charge in [-0.15, -0.1) is 0 Å². The molecule has 1 fully saturated rings. The summed E-state index contributed by atoms with van der Waals surface area (Å²) in [6.45, 7) is 3.26. The lowest BCUT2D eigenvalue weighted by atomic mass is 10.3. The van der Waals surface area contributed by atoms with E-state index >= 15 is 0 Å². The van der Waals surface area contributed by atoms with Crippen molar-refractivity contribution in [3.8, 4) is 0 Å². The number of rotatable bonds is 4. The Balaban J connectivity index is 2.05. The van der Waals surface area contributed by atoms with Crippen molar-refractivity contribution < 1.29 is 4.21 Å². The predicted octanol–water partition coefficient (Wildman–Crippen LogP) is 1.23. The average molecular weight is 254 g/mol. The zero-order valence-corrected chi connectivity index (χ0v) is 9.70. The summed E-state index contributed by atoms with van der Waals surface area (Å²) in [5, 5.41) is 1.10. The third-order valence-corrected chi connectivity index (χ3v) is 3.96. The van der Waals surface area contributed by atoms with Crippen molar-refractivity contribution in [2.75, 3.05) is 36.5 Å². The summed E-state index contributed by atoms with van der Waals surface area (Å²) in [7, 11) is -0.519. The van der Waals surface area contributed by atoms with Gasteiger partial charge >= 0.3 is 0 Å². The molecule has 72 valence electrons. The van der Waals surface area contributed by atoms with Crippen LogP contribution in [0.4, 0.5) is 0 Å². The van der Waals surface area contributed by atoms with Crippen molar-refractivity contribution in [3.63, 3.8) is 0 Å². The molecular weight excluding hydrogens is 238 g/mol. The summed E-state index contributed by atoms with van der Waals surface area (Å²) in [5.74, 6) is 1.77. The van der Waals surface area contributed by atoms with Gasteiger partial charge < -0.3 is 4.90 Å². The first kappa shape index (κ1) is 10.7. The monoisotopic (exact) mass is 253 g/mol. The van der Waals surface area contributed by atoms with E-state index < -0.39 is 10.8 Å². The van der Waals surface area contributed by atoms with E-state index in [1.54, 1.807) is 0 Å². The smallest absolute Gasteiger partial charge is 0.0363 e. The number of unbranched alkanes of at least 4 members (excludes halogenated alkanes) is 1. The van der Waals surface area contributed by atoms with Crippen LogP contribution in [-0.4, -0.2) is 45.6 Å². The van der Waals surface area contributed by atoms with E-state index in [0.717, 1.165) is 29.9 Å². The lowest BCUT2D eigenvalue weighted by molar-refractivity contribution is 0.295. The fourth-order valence-corrected chi connectivity index (χ4v) is 2.85. The molecule has 0 aromatic carbocycles. The number of alkyl halides is 1. The quantitative estimate of drug-likeness (QED) is 0.555. The Kier molecular flexibility index (Phi) is 5.43. The summed E-state index contributed by atoms with van der Waals surface area (Å²) < 4.78 is 11.0. The Bertz CT molecular complexity index is 144. The molecule has 1 aliphatic rings. The van der Waals surface area contributed by atoms with E-state index in [1.807, 2.05) is 0 Å². The summed E-state index contributed by atoms with van der Waals surface area (Å²) in [6.07, 6.45) is 2.51. The molecule has 0 spiro atoms. The van der Waals surface area contributed by atoms with Crippen LogP contribution in [-0.2, 0) is 10.8 Å². The Morgan fingerprint density at radius 2 is 1.92 bits per heavy atom. The molecule has 0 aliphatic carbocycles. The van der Waals surface area contributed by atoms with Gasteiger partial charge in [-0.3, -0.25) is 4.21 Å². The summed E-state index contributed by atoms with van der Waals surface area (Å²) in [5.41, 5.74) is 0. The van der Waals surface area contributed by atoms with Crippen LogP contribution in [0.2, 0.25) is 0 Å². The first-order valence-electron chi connectivity index (χ1n) is 4.46. The molecule has 0 amide bonds. The second kappa shape index (κ2) is 6.11. The number of halogens is 1. The highest BCUT2D eigenvalue weighted by Crippen LogP contribution is 2.02. The van der Waals surface area contributed by atoms with E-state index in [1.165, 1.54) is 19.4 Å². The van der Waals surface area contributed by atoms with Crippen LogP contribution >= 0.6 is 15.9 Å². The molecule has 0 saturated carbocycles. The van der Waals surface area contributed by atoms with Gasteiger partial charge in [0, 0.05) is 40.7 Å². The average Bonchev–Trinajstić information content (AvgIpc) is 2.09. The maximum absolute atomic E-state index is 11.0. The van der Waals surface area contributed by atoms with Crippen molar-refractivity contribution in [2.24, 2.45) is 0 Å². The molecule has 1 rings (SSSR count). The van der Waals surface area contributed by atoms with Crippen LogP contribution in [0.25, 0.3) is 0 Å². The lowest BCUT2D eigenvalue weighted by Crippen LogP contribution is -2.38. The van der Waals surface area contributed by atoms with Crippen LogP contribution in [0.1, 0.15) is 12.8 Å². The van der Waals surface area contributed by atoms with E-state index in [4.69, 9.17) is 0 Å². The minimum absolute atomic E-state index is 0.519. The molecule has 0 bridgehead atoms. The largest absolute Gasteiger partial charge is 0.302 e. The first-order chi connectivity index (χ1) is 5.83. The Labute approximate surface area is 85.3 Å². The molecule has 0 unspecified atom stereocenters. The molecule has 1 saturated heterocycles. The third-order valence-electron chi connectivity index (χ3n) is 2.13. The van der Waals surface area contributed by atoms with Crippen LogP contribution in [0.5, 0.6) is 0 Å². The highest BCUT2D eigenvalue weighted by molar-refractivity contribution is 9.09. The third kappa shape index (κ3) is 4.01.